The molecule has 7 nitrogen and oxygen atoms in total. The van der Waals surface area contributed by atoms with Gasteiger partial charge in [-0.2, -0.15) is 5.01 Å². The van der Waals surface area contributed by atoms with Gasteiger partial charge in [0.25, 0.3) is 0 Å². The summed E-state index contributed by atoms with van der Waals surface area (Å²) < 4.78 is 12.8. The number of esters is 1. The van der Waals surface area contributed by atoms with Crippen molar-refractivity contribution in [3.05, 3.63) is 55.8 Å². The van der Waals surface area contributed by atoms with Crippen LogP contribution in [0.1, 0.15) is 31.2 Å². The first-order chi connectivity index (χ1) is 12.3. The van der Waals surface area contributed by atoms with Crippen molar-refractivity contribution in [2.24, 2.45) is 5.10 Å². The Labute approximate surface area is 171 Å². The number of hydrogen-bond acceptors (Lipinski definition) is 6. The molecule has 0 radical (unpaired) electrons. The van der Waals surface area contributed by atoms with Crippen molar-refractivity contribution in [2.75, 3.05) is 0 Å². The number of ether oxygens (including phenoxy) is 2. The molecule has 0 saturated heterocycles. The number of halogens is 2. The molecule has 0 aliphatic carbocycles. The molecule has 1 amide bonds. The lowest BCUT2D eigenvalue weighted by Crippen LogP contribution is -2.25. The molecular formula is C17H13BrIN3O4. The minimum atomic E-state index is -0.754. The first-order valence-corrected chi connectivity index (χ1v) is 9.36. The maximum Gasteiger partial charge on any atom is 0.308 e. The monoisotopic (exact) mass is 529 g/mol. The number of hydrazone groups is 1. The topological polar surface area (TPSA) is 81.1 Å². The molecule has 9 heteroatoms. The van der Waals surface area contributed by atoms with Crippen molar-refractivity contribution < 1.29 is 19.1 Å². The molecule has 0 bridgehead atoms. The Morgan fingerprint density at radius 2 is 2.04 bits per heavy atom. The largest absolute Gasteiger partial charge is 0.446 e. The number of nitrogens with zero attached hydrogens (tertiary/aromatic N) is 3. The molecule has 0 fully saturated rings. The highest BCUT2D eigenvalue weighted by Gasteiger charge is 2.34. The van der Waals surface area contributed by atoms with Crippen LogP contribution in [0.2, 0.25) is 0 Å². The molecule has 1 aliphatic rings. The zero-order valence-electron chi connectivity index (χ0n) is 13.8. The molecule has 1 atom stereocenters. The molecule has 1 aliphatic heterocycles. The number of carbonyl (C=O) groups is 2. The zero-order chi connectivity index (χ0) is 18.8. The fourth-order valence-electron chi connectivity index (χ4n) is 2.37. The van der Waals surface area contributed by atoms with Crippen molar-refractivity contribution in [3.63, 3.8) is 0 Å². The standard InChI is InChI=1S/C17H13BrIN3O4/c1-9(23)22-17(11-5-12(18)8-20-7-11)26-16(21-22)14-6-13(19)3-4-15(14)25-10(2)24/h3-8,17H,1-2H3/t17-/m1/s1. The lowest BCUT2D eigenvalue weighted by atomic mass is 10.2. The SMILES string of the molecule is CC(=O)Oc1ccc(I)cc1C1=NN(C(C)=O)[C@@H](c2cncc(Br)c2)O1. The fraction of sp³-hybridized carbons (Fsp3) is 0.176. The van der Waals surface area contributed by atoms with Gasteiger partial charge in [-0.15, -0.1) is 5.10 Å². The molecular weight excluding hydrogens is 517 g/mol. The van der Waals surface area contributed by atoms with Gasteiger partial charge < -0.3 is 9.47 Å². The Bertz CT molecular complexity index is 919. The van der Waals surface area contributed by atoms with Gasteiger partial charge in [-0.05, 0) is 62.8 Å². The van der Waals surface area contributed by atoms with Crippen molar-refractivity contribution >= 4 is 56.3 Å². The summed E-state index contributed by atoms with van der Waals surface area (Å²) in [6, 6.07) is 7.04. The summed E-state index contributed by atoms with van der Waals surface area (Å²) in [5.41, 5.74) is 1.15. The minimum Gasteiger partial charge on any atom is -0.446 e. The van der Waals surface area contributed by atoms with E-state index in [-0.39, 0.29) is 11.8 Å². The third-order valence-corrected chi connectivity index (χ3v) is 4.51. The maximum absolute atomic E-state index is 12.0. The van der Waals surface area contributed by atoms with Gasteiger partial charge in [0, 0.05) is 39.8 Å². The van der Waals surface area contributed by atoms with E-state index in [1.54, 1.807) is 36.7 Å². The number of benzene rings is 1. The zero-order valence-corrected chi connectivity index (χ0v) is 17.5. The van der Waals surface area contributed by atoms with E-state index in [0.717, 1.165) is 8.04 Å². The Morgan fingerprint density at radius 3 is 2.69 bits per heavy atom. The molecule has 1 aromatic carbocycles. The van der Waals surface area contributed by atoms with Gasteiger partial charge in [-0.25, -0.2) is 0 Å². The van der Waals surface area contributed by atoms with Gasteiger partial charge in [0.15, 0.2) is 0 Å². The van der Waals surface area contributed by atoms with Gasteiger partial charge in [0.1, 0.15) is 5.75 Å². The molecule has 0 N–H and O–H groups in total. The summed E-state index contributed by atoms with van der Waals surface area (Å²) in [5, 5.41) is 5.53. The van der Waals surface area contributed by atoms with E-state index < -0.39 is 12.2 Å². The summed E-state index contributed by atoms with van der Waals surface area (Å²) in [4.78, 5) is 27.5. The first kappa shape index (κ1) is 18.8. The van der Waals surface area contributed by atoms with Gasteiger partial charge in [0.05, 0.1) is 5.56 Å². The predicted molar refractivity (Wildman–Crippen MR) is 105 cm³/mol. The number of aromatic nitrogens is 1. The quantitative estimate of drug-likeness (QED) is 0.345. The number of amides is 1. The normalized spacial score (nSPS) is 16.1. The summed E-state index contributed by atoms with van der Waals surface area (Å²) in [5.74, 6) is -0.236. The molecule has 26 heavy (non-hydrogen) atoms. The van der Waals surface area contributed by atoms with Crippen LogP contribution in [0.4, 0.5) is 0 Å². The van der Waals surface area contributed by atoms with Crippen LogP contribution in [0, 0.1) is 3.57 Å². The third-order valence-electron chi connectivity index (χ3n) is 3.40. The van der Waals surface area contributed by atoms with E-state index in [9.17, 15) is 9.59 Å². The average Bonchev–Trinajstić information content (AvgIpc) is 3.01. The smallest absolute Gasteiger partial charge is 0.308 e. The second kappa shape index (κ2) is 7.70. The number of carbonyl (C=O) groups excluding carboxylic acids is 2. The Balaban J connectivity index is 2.02. The summed E-state index contributed by atoms with van der Waals surface area (Å²) >= 11 is 5.49. The van der Waals surface area contributed by atoms with Crippen LogP contribution >= 0.6 is 38.5 Å². The van der Waals surface area contributed by atoms with Crippen LogP contribution in [0.25, 0.3) is 0 Å². The molecule has 1 aromatic heterocycles. The average molecular weight is 530 g/mol. The number of pyridine rings is 1. The molecule has 0 unspecified atom stereocenters. The van der Waals surface area contributed by atoms with Crippen molar-refractivity contribution in [2.45, 2.75) is 20.1 Å². The second-order valence-electron chi connectivity index (χ2n) is 5.41. The van der Waals surface area contributed by atoms with Crippen LogP contribution in [0.5, 0.6) is 5.75 Å². The summed E-state index contributed by atoms with van der Waals surface area (Å²) in [7, 11) is 0. The van der Waals surface area contributed by atoms with Crippen LogP contribution in [-0.2, 0) is 14.3 Å². The second-order valence-corrected chi connectivity index (χ2v) is 7.57. The molecule has 0 saturated carbocycles. The lowest BCUT2D eigenvalue weighted by Gasteiger charge is -2.19. The highest BCUT2D eigenvalue weighted by Crippen LogP contribution is 2.33. The minimum absolute atomic E-state index is 0.194. The van der Waals surface area contributed by atoms with Gasteiger partial charge >= 0.3 is 5.97 Å². The van der Waals surface area contributed by atoms with E-state index in [1.165, 1.54) is 18.9 Å². The summed E-state index contributed by atoms with van der Waals surface area (Å²) in [6.45, 7) is 2.72. The highest BCUT2D eigenvalue weighted by atomic mass is 127. The third kappa shape index (κ3) is 4.04. The maximum atomic E-state index is 12.0. The van der Waals surface area contributed by atoms with E-state index in [4.69, 9.17) is 9.47 Å². The van der Waals surface area contributed by atoms with E-state index >= 15 is 0 Å². The van der Waals surface area contributed by atoms with E-state index in [2.05, 4.69) is 48.6 Å². The molecule has 2 aromatic rings. The lowest BCUT2D eigenvalue weighted by molar-refractivity contribution is -0.135. The van der Waals surface area contributed by atoms with E-state index in [0.29, 0.717) is 16.9 Å². The van der Waals surface area contributed by atoms with Gasteiger partial charge in [0.2, 0.25) is 18.0 Å². The van der Waals surface area contributed by atoms with Crippen LogP contribution in [-0.4, -0.2) is 27.8 Å². The highest BCUT2D eigenvalue weighted by molar-refractivity contribution is 14.1. The van der Waals surface area contributed by atoms with Crippen LogP contribution < -0.4 is 4.74 Å². The Morgan fingerprint density at radius 1 is 1.27 bits per heavy atom. The number of hydrogen-bond donors (Lipinski definition) is 0. The van der Waals surface area contributed by atoms with Crippen molar-refractivity contribution in [1.82, 2.24) is 9.99 Å². The van der Waals surface area contributed by atoms with Crippen molar-refractivity contribution in [3.8, 4) is 5.75 Å². The molecule has 2 heterocycles. The number of rotatable bonds is 3. The van der Waals surface area contributed by atoms with Gasteiger partial charge in [-0.3, -0.25) is 14.6 Å². The van der Waals surface area contributed by atoms with Gasteiger partial charge in [-0.1, -0.05) is 0 Å². The summed E-state index contributed by atoms with van der Waals surface area (Å²) in [6.07, 6.45) is 2.48. The Kier molecular flexibility index (Phi) is 5.56. The molecule has 134 valence electrons. The fourth-order valence-corrected chi connectivity index (χ4v) is 3.24. The predicted octanol–water partition coefficient (Wildman–Crippen LogP) is 3.61. The molecule has 0 spiro atoms. The van der Waals surface area contributed by atoms with E-state index in [1.807, 2.05) is 0 Å². The first-order valence-electron chi connectivity index (χ1n) is 7.49. The van der Waals surface area contributed by atoms with Crippen LogP contribution in [0.15, 0.2) is 46.2 Å². The Hall–Kier alpha value is -2.01. The molecule has 3 rings (SSSR count). The van der Waals surface area contributed by atoms with Crippen molar-refractivity contribution in [1.29, 1.82) is 0 Å². The van der Waals surface area contributed by atoms with Crippen LogP contribution in [0.3, 0.4) is 0 Å².